The summed E-state index contributed by atoms with van der Waals surface area (Å²) in [6, 6.07) is 0. The van der Waals surface area contributed by atoms with Gasteiger partial charge < -0.3 is 18.9 Å². The Labute approximate surface area is 372 Å². The van der Waals surface area contributed by atoms with Gasteiger partial charge in [-0.15, -0.1) is 0 Å². The van der Waals surface area contributed by atoms with Crippen LogP contribution in [0.4, 0.5) is 0 Å². The zero-order valence-corrected chi connectivity index (χ0v) is 41.1. The molecule has 2 atom stereocenters. The van der Waals surface area contributed by atoms with Gasteiger partial charge in [-0.25, -0.2) is 4.57 Å². The third-order valence-corrected chi connectivity index (χ3v) is 11.9. The highest BCUT2D eigenvalue weighted by atomic mass is 31.2. The zero-order chi connectivity index (χ0) is 44.1. The molecule has 2 unspecified atom stereocenters. The zero-order valence-electron chi connectivity index (χ0n) is 40.2. The number of allylic oxidation sites excluding steroid dienone is 6. The summed E-state index contributed by atoms with van der Waals surface area (Å²) < 4.78 is 35.1. The fourth-order valence-electron chi connectivity index (χ4n) is 6.99. The van der Waals surface area contributed by atoms with Crippen molar-refractivity contribution in [3.8, 4) is 0 Å². The average molecular weight is 869 g/mol. The maximum atomic E-state index is 12.8. The Morgan fingerprint density at radius 2 is 0.917 bits per heavy atom. The molecule has 0 aromatic heterocycles. The lowest BCUT2D eigenvalue weighted by Crippen LogP contribution is -2.37. The minimum Gasteiger partial charge on any atom is -0.457 e. The number of phosphoric acid groups is 1. The van der Waals surface area contributed by atoms with Crippen molar-refractivity contribution in [3.63, 3.8) is 0 Å². The van der Waals surface area contributed by atoms with Crippen LogP contribution in [-0.2, 0) is 27.9 Å². The van der Waals surface area contributed by atoms with Crippen LogP contribution < -0.4 is 0 Å². The van der Waals surface area contributed by atoms with Gasteiger partial charge >= 0.3 is 13.8 Å². The van der Waals surface area contributed by atoms with Crippen molar-refractivity contribution in [2.24, 2.45) is 0 Å². The lowest BCUT2D eigenvalue weighted by atomic mass is 10.1. The summed E-state index contributed by atoms with van der Waals surface area (Å²) in [5.74, 6) is -0.318. The highest BCUT2D eigenvalue weighted by molar-refractivity contribution is 7.47. The van der Waals surface area contributed by atoms with Gasteiger partial charge in [0.2, 0.25) is 0 Å². The first-order valence-corrected chi connectivity index (χ1v) is 26.7. The van der Waals surface area contributed by atoms with E-state index in [1.165, 1.54) is 161 Å². The van der Waals surface area contributed by atoms with Crippen molar-refractivity contribution in [1.82, 2.24) is 0 Å². The first-order chi connectivity index (χ1) is 29.1. The Morgan fingerprint density at radius 3 is 1.38 bits per heavy atom. The van der Waals surface area contributed by atoms with Crippen LogP contribution in [0, 0.1) is 0 Å². The number of phosphoric ester groups is 1. The van der Waals surface area contributed by atoms with Gasteiger partial charge in [0, 0.05) is 13.0 Å². The van der Waals surface area contributed by atoms with E-state index in [9.17, 15) is 14.3 Å². The van der Waals surface area contributed by atoms with Crippen molar-refractivity contribution in [3.05, 3.63) is 36.5 Å². The second-order valence-electron chi connectivity index (χ2n) is 18.2. The third kappa shape index (κ3) is 47.8. The predicted molar refractivity (Wildman–Crippen MR) is 256 cm³/mol. The van der Waals surface area contributed by atoms with Crippen LogP contribution in [0.2, 0.25) is 0 Å². The normalized spacial score (nSPS) is 13.9. The van der Waals surface area contributed by atoms with Crippen molar-refractivity contribution >= 4 is 13.8 Å². The van der Waals surface area contributed by atoms with E-state index in [2.05, 4.69) is 50.3 Å². The summed E-state index contributed by atoms with van der Waals surface area (Å²) >= 11 is 0. The number of hydrogen-bond acceptors (Lipinski definition) is 6. The van der Waals surface area contributed by atoms with E-state index in [1.807, 2.05) is 21.1 Å². The number of rotatable bonds is 47. The van der Waals surface area contributed by atoms with Crippen molar-refractivity contribution in [2.45, 2.75) is 232 Å². The lowest BCUT2D eigenvalue weighted by Gasteiger charge is -2.24. The molecule has 0 saturated heterocycles. The molecule has 0 aliphatic heterocycles. The molecular formula is C51H99NO7P+. The number of carbonyl (C=O) groups excluding carboxylic acids is 1. The van der Waals surface area contributed by atoms with Gasteiger partial charge in [0.25, 0.3) is 0 Å². The van der Waals surface area contributed by atoms with Gasteiger partial charge in [-0.2, -0.15) is 0 Å². The highest BCUT2D eigenvalue weighted by Gasteiger charge is 2.26. The molecule has 0 heterocycles. The maximum Gasteiger partial charge on any atom is 0.472 e. The molecule has 0 fully saturated rings. The summed E-state index contributed by atoms with van der Waals surface area (Å²) in [5.41, 5.74) is 0. The van der Waals surface area contributed by atoms with Crippen LogP contribution in [0.5, 0.6) is 0 Å². The van der Waals surface area contributed by atoms with E-state index >= 15 is 0 Å². The second kappa shape index (κ2) is 44.3. The Hall–Kier alpha value is -1.28. The molecule has 0 radical (unpaired) electrons. The van der Waals surface area contributed by atoms with Gasteiger partial charge in [-0.3, -0.25) is 13.8 Å². The number of esters is 1. The third-order valence-electron chi connectivity index (χ3n) is 10.9. The molecule has 8 nitrogen and oxygen atoms in total. The van der Waals surface area contributed by atoms with Crippen LogP contribution in [0.15, 0.2) is 36.5 Å². The summed E-state index contributed by atoms with van der Waals surface area (Å²) in [6.45, 7) is 5.61. The number of ether oxygens (including phenoxy) is 2. The largest absolute Gasteiger partial charge is 0.472 e. The molecule has 0 amide bonds. The second-order valence-corrected chi connectivity index (χ2v) is 19.6. The number of quaternary nitrogens is 1. The van der Waals surface area contributed by atoms with E-state index in [4.69, 9.17) is 18.5 Å². The summed E-state index contributed by atoms with van der Waals surface area (Å²) in [7, 11) is 1.66. The summed E-state index contributed by atoms with van der Waals surface area (Å²) in [6.07, 6.45) is 53.3. The van der Waals surface area contributed by atoms with Crippen LogP contribution in [0.1, 0.15) is 226 Å². The minimum atomic E-state index is -4.28. The van der Waals surface area contributed by atoms with Gasteiger partial charge in [0.05, 0.1) is 34.4 Å². The summed E-state index contributed by atoms with van der Waals surface area (Å²) in [4.78, 5) is 23.0. The molecule has 60 heavy (non-hydrogen) atoms. The molecule has 0 aliphatic carbocycles. The first kappa shape index (κ1) is 58.7. The number of likely N-dealkylation sites (N-methyl/N-ethyl adjacent to an activating group) is 1. The van der Waals surface area contributed by atoms with Crippen molar-refractivity contribution in [1.29, 1.82) is 0 Å². The van der Waals surface area contributed by atoms with Gasteiger partial charge in [-0.05, 0) is 70.6 Å². The number of nitrogens with zero attached hydrogens (tertiary/aromatic N) is 1. The van der Waals surface area contributed by atoms with Crippen LogP contribution in [0.25, 0.3) is 0 Å². The fourth-order valence-corrected chi connectivity index (χ4v) is 7.73. The molecule has 0 bridgehead atoms. The van der Waals surface area contributed by atoms with E-state index < -0.39 is 13.9 Å². The SMILES string of the molecule is CCCCCC/C=C\C/C=C\CCCCCCCCOCC(COP(=O)(O)OCC[N+](C)(C)C)OC(=O)CCCCCCCCCCC/C=C\CCCCCCCCCC. The van der Waals surface area contributed by atoms with Crippen LogP contribution >= 0.6 is 7.82 Å². The molecular weight excluding hydrogens is 770 g/mol. The molecule has 1 N–H and O–H groups in total. The van der Waals surface area contributed by atoms with Gasteiger partial charge in [-0.1, -0.05) is 185 Å². The van der Waals surface area contributed by atoms with Crippen molar-refractivity contribution < 1.29 is 37.3 Å². The van der Waals surface area contributed by atoms with Crippen molar-refractivity contribution in [2.75, 3.05) is 54.1 Å². The Kier molecular flexibility index (Phi) is 43.4. The molecule has 354 valence electrons. The maximum absolute atomic E-state index is 12.8. The predicted octanol–water partition coefficient (Wildman–Crippen LogP) is 15.3. The minimum absolute atomic E-state index is 0.0862. The molecule has 0 spiro atoms. The highest BCUT2D eigenvalue weighted by Crippen LogP contribution is 2.43. The first-order valence-electron chi connectivity index (χ1n) is 25.2. The molecule has 0 aromatic rings. The summed E-state index contributed by atoms with van der Waals surface area (Å²) in [5, 5.41) is 0. The van der Waals surface area contributed by atoms with Crippen LogP contribution in [0.3, 0.4) is 0 Å². The fraction of sp³-hybridized carbons (Fsp3) is 0.863. The Bertz CT molecular complexity index is 1060. The smallest absolute Gasteiger partial charge is 0.457 e. The average Bonchev–Trinajstić information content (AvgIpc) is 3.20. The molecule has 0 rings (SSSR count). The quantitative estimate of drug-likeness (QED) is 0.0214. The topological polar surface area (TPSA) is 91.3 Å². The molecule has 0 aliphatic rings. The van der Waals surface area contributed by atoms with E-state index in [0.29, 0.717) is 24.1 Å². The van der Waals surface area contributed by atoms with Gasteiger partial charge in [0.15, 0.2) is 0 Å². The molecule has 0 saturated carbocycles. The van der Waals surface area contributed by atoms with Gasteiger partial charge in [0.1, 0.15) is 19.3 Å². The van der Waals surface area contributed by atoms with E-state index in [-0.39, 0.29) is 25.8 Å². The monoisotopic (exact) mass is 869 g/mol. The standard InChI is InChI=1S/C51H98NO7P/c1-6-8-10-12-14-16-18-20-22-24-25-26-27-28-30-32-34-36-38-40-42-44-51(53)59-50(49-58-60(54,55)57-47-45-52(3,4)5)48-56-46-43-41-39-37-35-33-31-29-23-21-19-17-15-13-11-9-7-2/h17,19,23-25,29,50H,6-16,18,20-22,26-28,30-49H2,1-5H3/p+1/b19-17-,25-24-,29-23-. The number of carbonyl (C=O) groups is 1. The lowest BCUT2D eigenvalue weighted by molar-refractivity contribution is -0.870. The molecule has 0 aromatic carbocycles. The van der Waals surface area contributed by atoms with E-state index in [1.54, 1.807) is 0 Å². The van der Waals surface area contributed by atoms with E-state index in [0.717, 1.165) is 44.9 Å². The molecule has 9 heteroatoms. The number of unbranched alkanes of at least 4 members (excludes halogenated alkanes) is 27. The Balaban J connectivity index is 4.16. The number of hydrogen-bond donors (Lipinski definition) is 1. The van der Waals surface area contributed by atoms with Crippen LogP contribution in [-0.4, -0.2) is 75.6 Å². The Morgan fingerprint density at radius 1 is 0.517 bits per heavy atom.